The lowest BCUT2D eigenvalue weighted by Crippen LogP contribution is -2.35. The van der Waals surface area contributed by atoms with E-state index >= 15 is 0 Å². The first-order valence-corrected chi connectivity index (χ1v) is 9.13. The van der Waals surface area contributed by atoms with Gasteiger partial charge in [-0.25, -0.2) is 0 Å². The highest BCUT2D eigenvalue weighted by atomic mass is 32.2. The Kier molecular flexibility index (Phi) is 3.69. The molecule has 2 unspecified atom stereocenters. The van der Waals surface area contributed by atoms with E-state index in [0.717, 1.165) is 22.0 Å². The molecule has 0 spiro atoms. The summed E-state index contributed by atoms with van der Waals surface area (Å²) in [5.41, 5.74) is 2.89. The van der Waals surface area contributed by atoms with Crippen molar-refractivity contribution in [3.05, 3.63) is 76.0 Å². The molecule has 24 heavy (non-hydrogen) atoms. The number of nitrogens with one attached hydrogen (secondary N) is 1. The highest BCUT2D eigenvalue weighted by molar-refractivity contribution is 7.85. The molecular formula is C18H16N2O3S. The van der Waals surface area contributed by atoms with Crippen LogP contribution in [0.25, 0.3) is 10.9 Å². The van der Waals surface area contributed by atoms with Crippen LogP contribution >= 0.6 is 0 Å². The highest BCUT2D eigenvalue weighted by Crippen LogP contribution is 2.38. The van der Waals surface area contributed by atoms with Crippen molar-refractivity contribution in [3.63, 3.8) is 0 Å². The van der Waals surface area contributed by atoms with Crippen LogP contribution in [0.3, 0.4) is 0 Å². The van der Waals surface area contributed by atoms with Crippen molar-refractivity contribution in [1.29, 1.82) is 0 Å². The molecule has 1 aliphatic rings. The second-order valence-corrected chi connectivity index (χ2v) is 7.57. The van der Waals surface area contributed by atoms with Crippen LogP contribution in [0.2, 0.25) is 0 Å². The lowest BCUT2D eigenvalue weighted by atomic mass is 9.81. The van der Waals surface area contributed by atoms with Crippen molar-refractivity contribution < 1.29 is 9.13 Å². The average molecular weight is 340 g/mol. The summed E-state index contributed by atoms with van der Waals surface area (Å²) in [7, 11) is -1.27. The molecule has 122 valence electrons. The Morgan fingerprint density at radius 3 is 2.71 bits per heavy atom. The van der Waals surface area contributed by atoms with Crippen LogP contribution in [0.1, 0.15) is 17.0 Å². The summed E-state index contributed by atoms with van der Waals surface area (Å²) in [6.07, 6.45) is 2.23. The zero-order chi connectivity index (χ0) is 16.7. The van der Waals surface area contributed by atoms with Gasteiger partial charge in [0.1, 0.15) is 0 Å². The van der Waals surface area contributed by atoms with Crippen molar-refractivity contribution >= 4 is 21.7 Å². The molecule has 0 aliphatic heterocycles. The van der Waals surface area contributed by atoms with Gasteiger partial charge in [0.05, 0.1) is 16.7 Å². The summed E-state index contributed by atoms with van der Waals surface area (Å²) >= 11 is 0. The summed E-state index contributed by atoms with van der Waals surface area (Å²) in [6.45, 7) is 0. The minimum absolute atomic E-state index is 0.221. The molecule has 5 nitrogen and oxygen atoms in total. The minimum atomic E-state index is -1.27. The molecule has 0 bridgehead atoms. The van der Waals surface area contributed by atoms with Crippen LogP contribution in [0.4, 0.5) is 0 Å². The molecule has 0 fully saturated rings. The number of rotatable bonds is 4. The van der Waals surface area contributed by atoms with E-state index in [1.54, 1.807) is 0 Å². The maximum Gasteiger partial charge on any atom is 0.224 e. The quantitative estimate of drug-likeness (QED) is 0.585. The smallest absolute Gasteiger partial charge is 0.224 e. The molecule has 0 saturated heterocycles. The predicted molar refractivity (Wildman–Crippen MR) is 93.2 cm³/mol. The Hall–Kier alpha value is -2.47. The number of nitrogens with zero attached hydrogens (tertiary/aromatic N) is 1. The first-order valence-electron chi connectivity index (χ1n) is 7.81. The molecule has 0 saturated carbocycles. The average Bonchev–Trinajstić information content (AvgIpc) is 3.02. The Morgan fingerprint density at radius 2 is 1.96 bits per heavy atom. The van der Waals surface area contributed by atoms with E-state index < -0.39 is 16.8 Å². The van der Waals surface area contributed by atoms with Crippen LogP contribution < -0.4 is 0 Å². The van der Waals surface area contributed by atoms with Crippen LogP contribution in [-0.2, 0) is 17.2 Å². The molecule has 0 amide bonds. The summed E-state index contributed by atoms with van der Waals surface area (Å²) in [5, 5.41) is 12.7. The molecule has 3 aromatic rings. The molecule has 1 aromatic heterocycles. The monoisotopic (exact) mass is 340 g/mol. The van der Waals surface area contributed by atoms with E-state index in [-0.39, 0.29) is 16.6 Å². The maximum atomic E-state index is 12.7. The van der Waals surface area contributed by atoms with Gasteiger partial charge in [0.15, 0.2) is 0 Å². The van der Waals surface area contributed by atoms with Gasteiger partial charge in [-0.3, -0.25) is 14.3 Å². The zero-order valence-corrected chi connectivity index (χ0v) is 13.7. The van der Waals surface area contributed by atoms with Crippen LogP contribution in [-0.4, -0.2) is 25.9 Å². The second kappa shape index (κ2) is 5.87. The molecule has 2 aromatic carbocycles. The van der Waals surface area contributed by atoms with Gasteiger partial charge in [-0.05, 0) is 29.3 Å². The third-order valence-corrected chi connectivity index (χ3v) is 6.18. The van der Waals surface area contributed by atoms with Crippen LogP contribution in [0.5, 0.6) is 0 Å². The van der Waals surface area contributed by atoms with Gasteiger partial charge >= 0.3 is 0 Å². The van der Waals surface area contributed by atoms with Gasteiger partial charge < -0.3 is 4.98 Å². The van der Waals surface area contributed by atoms with Gasteiger partial charge in [0, 0.05) is 39.1 Å². The standard InChI is InChI=1S/C18H16N2O3S/c21-20(22)17-9-12-10-19-16-8-4-7-14(18(12)16)15(17)11-24(23)13-5-2-1-3-6-13/h1-8,10,15,17,19H,9,11H2/t15-,17?,24?/m1/s1. The number of aromatic amines is 1. The third kappa shape index (κ3) is 2.43. The fraction of sp³-hybridized carbons (Fsp3) is 0.222. The Balaban J connectivity index is 1.77. The Morgan fingerprint density at radius 1 is 1.17 bits per heavy atom. The topological polar surface area (TPSA) is 76.0 Å². The first kappa shape index (κ1) is 15.1. The fourth-order valence-electron chi connectivity index (χ4n) is 3.58. The predicted octanol–water partition coefficient (Wildman–Crippen LogP) is 3.26. The lowest BCUT2D eigenvalue weighted by molar-refractivity contribution is -0.525. The largest absolute Gasteiger partial charge is 0.361 e. The number of hydrogen-bond donors (Lipinski definition) is 1. The van der Waals surface area contributed by atoms with Gasteiger partial charge in [-0.1, -0.05) is 30.3 Å². The van der Waals surface area contributed by atoms with Crippen LogP contribution in [0.15, 0.2) is 59.6 Å². The maximum absolute atomic E-state index is 12.7. The number of benzene rings is 2. The molecule has 0 radical (unpaired) electrons. The molecule has 1 heterocycles. The second-order valence-electron chi connectivity index (χ2n) is 6.07. The zero-order valence-electron chi connectivity index (χ0n) is 12.8. The fourth-order valence-corrected chi connectivity index (χ4v) is 4.97. The summed E-state index contributed by atoms with van der Waals surface area (Å²) in [6, 6.07) is 14.2. The highest BCUT2D eigenvalue weighted by Gasteiger charge is 2.39. The van der Waals surface area contributed by atoms with E-state index in [4.69, 9.17) is 0 Å². The number of nitro groups is 1. The van der Waals surface area contributed by atoms with Crippen molar-refractivity contribution in [3.8, 4) is 0 Å². The van der Waals surface area contributed by atoms with Crippen molar-refractivity contribution in [2.75, 3.05) is 5.75 Å². The van der Waals surface area contributed by atoms with Crippen molar-refractivity contribution in [2.45, 2.75) is 23.3 Å². The first-order chi connectivity index (χ1) is 11.6. The number of hydrogen-bond acceptors (Lipinski definition) is 3. The van der Waals surface area contributed by atoms with E-state index in [1.165, 1.54) is 0 Å². The summed E-state index contributed by atoms with van der Waals surface area (Å²) in [5.74, 6) is -0.0904. The number of aromatic nitrogens is 1. The van der Waals surface area contributed by atoms with Gasteiger partial charge in [-0.15, -0.1) is 0 Å². The van der Waals surface area contributed by atoms with E-state index in [9.17, 15) is 14.3 Å². The molecule has 3 atom stereocenters. The Labute approximate surface area is 141 Å². The molecule has 6 heteroatoms. The van der Waals surface area contributed by atoms with Gasteiger partial charge in [0.2, 0.25) is 6.04 Å². The lowest BCUT2D eigenvalue weighted by Gasteiger charge is -2.26. The van der Waals surface area contributed by atoms with Crippen molar-refractivity contribution in [2.24, 2.45) is 0 Å². The summed E-state index contributed by atoms with van der Waals surface area (Å²) in [4.78, 5) is 15.3. The van der Waals surface area contributed by atoms with E-state index in [2.05, 4.69) is 4.98 Å². The number of H-pyrrole nitrogens is 1. The normalized spacial score (nSPS) is 20.8. The molecule has 4 rings (SSSR count). The molecular weight excluding hydrogens is 324 g/mol. The van der Waals surface area contributed by atoms with Crippen molar-refractivity contribution in [1.82, 2.24) is 4.98 Å². The minimum Gasteiger partial charge on any atom is -0.361 e. The van der Waals surface area contributed by atoms with Gasteiger partial charge in [0.25, 0.3) is 0 Å². The van der Waals surface area contributed by atoms with Crippen LogP contribution in [0, 0.1) is 10.1 Å². The molecule has 1 aliphatic carbocycles. The van der Waals surface area contributed by atoms with Gasteiger partial charge in [-0.2, -0.15) is 0 Å². The molecule has 1 N–H and O–H groups in total. The van der Waals surface area contributed by atoms with E-state index in [1.807, 2.05) is 54.7 Å². The Bertz CT molecular complexity index is 936. The summed E-state index contributed by atoms with van der Waals surface area (Å²) < 4.78 is 12.7. The third-order valence-electron chi connectivity index (χ3n) is 4.72. The van der Waals surface area contributed by atoms with E-state index in [0.29, 0.717) is 11.3 Å². The SMILES string of the molecule is O=[N+]([O-])C1Cc2c[nH]c3cccc(c23)[C@H]1CS(=O)c1ccccc1.